The van der Waals surface area contributed by atoms with E-state index in [-0.39, 0.29) is 6.54 Å². The Bertz CT molecular complexity index is 515. The number of nitrogens with one attached hydrogen (secondary N) is 2. The van der Waals surface area contributed by atoms with Crippen molar-refractivity contribution in [1.29, 1.82) is 5.26 Å². The van der Waals surface area contributed by atoms with Gasteiger partial charge in [0.15, 0.2) is 0 Å². The molecule has 2 rings (SSSR count). The first-order chi connectivity index (χ1) is 9.80. The van der Waals surface area contributed by atoms with Gasteiger partial charge in [-0.3, -0.25) is 14.5 Å². The van der Waals surface area contributed by atoms with Gasteiger partial charge in [-0.25, -0.2) is 4.79 Å². The minimum absolute atomic E-state index is 0.350. The monoisotopic (exact) mass is 292 g/mol. The zero-order valence-corrected chi connectivity index (χ0v) is 12.4. The van der Waals surface area contributed by atoms with Crippen molar-refractivity contribution in [1.82, 2.24) is 15.5 Å². The highest BCUT2D eigenvalue weighted by molar-refractivity contribution is 6.08. The molecule has 1 heterocycles. The Morgan fingerprint density at radius 2 is 1.95 bits per heavy atom. The number of carbonyl (C=O) groups excluding carboxylic acids is 3. The minimum atomic E-state index is -0.991. The maximum Gasteiger partial charge on any atom is 0.325 e. The van der Waals surface area contributed by atoms with E-state index in [9.17, 15) is 19.6 Å². The van der Waals surface area contributed by atoms with E-state index in [1.54, 1.807) is 13.8 Å². The highest BCUT2D eigenvalue weighted by Gasteiger charge is 2.45. The lowest BCUT2D eigenvalue weighted by Gasteiger charge is -2.31. The Balaban J connectivity index is 2.00. The van der Waals surface area contributed by atoms with Gasteiger partial charge in [0.05, 0.1) is 6.07 Å². The number of carbonyl (C=O) groups is 3. The van der Waals surface area contributed by atoms with Crippen LogP contribution >= 0.6 is 0 Å². The van der Waals surface area contributed by atoms with Crippen molar-refractivity contribution in [3.63, 3.8) is 0 Å². The largest absolute Gasteiger partial charge is 0.336 e. The number of nitrogens with zero attached hydrogens (tertiary/aromatic N) is 2. The molecule has 0 unspecified atom stereocenters. The molecule has 2 aliphatic rings. The average molecular weight is 292 g/mol. The van der Waals surface area contributed by atoms with Gasteiger partial charge in [-0.05, 0) is 26.7 Å². The first-order valence-corrected chi connectivity index (χ1v) is 7.16. The molecule has 1 saturated heterocycles. The quantitative estimate of drug-likeness (QED) is 0.746. The first-order valence-electron chi connectivity index (χ1n) is 7.16. The third kappa shape index (κ3) is 2.99. The summed E-state index contributed by atoms with van der Waals surface area (Å²) in [7, 11) is 0. The summed E-state index contributed by atoms with van der Waals surface area (Å²) >= 11 is 0. The van der Waals surface area contributed by atoms with Gasteiger partial charge in [-0.1, -0.05) is 19.3 Å². The normalized spacial score (nSPS) is 23.4. The summed E-state index contributed by atoms with van der Waals surface area (Å²) in [6.45, 7) is 2.82. The maximum absolute atomic E-state index is 12.1. The number of imide groups is 1. The van der Waals surface area contributed by atoms with Crippen LogP contribution in [-0.2, 0) is 9.59 Å². The van der Waals surface area contributed by atoms with E-state index in [1.807, 2.05) is 0 Å². The van der Waals surface area contributed by atoms with Crippen molar-refractivity contribution in [3.05, 3.63) is 0 Å². The van der Waals surface area contributed by atoms with Gasteiger partial charge < -0.3 is 10.6 Å². The minimum Gasteiger partial charge on any atom is -0.336 e. The van der Waals surface area contributed by atoms with Crippen molar-refractivity contribution in [3.8, 4) is 6.07 Å². The van der Waals surface area contributed by atoms with Crippen LogP contribution in [0.1, 0.15) is 46.0 Å². The molecule has 1 saturated carbocycles. The van der Waals surface area contributed by atoms with Crippen LogP contribution in [0.5, 0.6) is 0 Å². The van der Waals surface area contributed by atoms with E-state index in [4.69, 9.17) is 0 Å². The molecular formula is C14H20N4O3. The standard InChI is InChI=1S/C14H20N4O3/c1-13(2)11(20)18(12(21)17-13)8-10(19)16-14(9-15)6-4-3-5-7-14/h3-8H2,1-2H3,(H,16,19)(H,17,21). The van der Waals surface area contributed by atoms with Crippen molar-refractivity contribution >= 4 is 17.8 Å². The predicted molar refractivity (Wildman–Crippen MR) is 73.9 cm³/mol. The first kappa shape index (κ1) is 15.3. The lowest BCUT2D eigenvalue weighted by atomic mass is 9.83. The molecule has 2 fully saturated rings. The zero-order valence-electron chi connectivity index (χ0n) is 12.4. The third-order valence-corrected chi connectivity index (χ3v) is 4.05. The number of urea groups is 1. The summed E-state index contributed by atoms with van der Waals surface area (Å²) in [5, 5.41) is 14.5. The van der Waals surface area contributed by atoms with Gasteiger partial charge >= 0.3 is 6.03 Å². The van der Waals surface area contributed by atoms with Crippen LogP contribution in [0.2, 0.25) is 0 Å². The molecule has 0 aromatic heterocycles. The lowest BCUT2D eigenvalue weighted by molar-refractivity contribution is -0.134. The van der Waals surface area contributed by atoms with Crippen LogP contribution in [0.25, 0.3) is 0 Å². The molecule has 0 atom stereocenters. The molecule has 0 bridgehead atoms. The summed E-state index contributed by atoms with van der Waals surface area (Å²) in [6.07, 6.45) is 4.07. The fourth-order valence-electron chi connectivity index (χ4n) is 2.83. The summed E-state index contributed by atoms with van der Waals surface area (Å²) in [4.78, 5) is 36.7. The molecule has 2 N–H and O–H groups in total. The Morgan fingerprint density at radius 3 is 2.43 bits per heavy atom. The molecule has 0 aromatic carbocycles. The van der Waals surface area contributed by atoms with Gasteiger partial charge in [-0.2, -0.15) is 5.26 Å². The van der Waals surface area contributed by atoms with E-state index in [1.165, 1.54) is 0 Å². The van der Waals surface area contributed by atoms with Crippen LogP contribution in [-0.4, -0.2) is 40.4 Å². The van der Waals surface area contributed by atoms with Gasteiger partial charge in [0, 0.05) is 0 Å². The SMILES string of the molecule is CC1(C)NC(=O)N(CC(=O)NC2(C#N)CCCCC2)C1=O. The van der Waals surface area contributed by atoms with E-state index in [0.717, 1.165) is 24.2 Å². The number of rotatable bonds is 3. The molecule has 21 heavy (non-hydrogen) atoms. The molecule has 1 aliphatic heterocycles. The molecule has 4 amide bonds. The van der Waals surface area contributed by atoms with Crippen LogP contribution in [0.4, 0.5) is 4.79 Å². The van der Waals surface area contributed by atoms with E-state index < -0.39 is 28.9 Å². The zero-order chi connectivity index (χ0) is 15.7. The summed E-state index contributed by atoms with van der Waals surface area (Å²) < 4.78 is 0. The summed E-state index contributed by atoms with van der Waals surface area (Å²) in [6, 6.07) is 1.60. The number of hydrogen-bond acceptors (Lipinski definition) is 4. The third-order valence-electron chi connectivity index (χ3n) is 4.05. The molecule has 1 aliphatic carbocycles. The molecule has 0 spiro atoms. The van der Waals surface area contributed by atoms with E-state index >= 15 is 0 Å². The van der Waals surface area contributed by atoms with Crippen LogP contribution < -0.4 is 10.6 Å². The maximum atomic E-state index is 12.1. The van der Waals surface area contributed by atoms with Crippen molar-refractivity contribution in [2.45, 2.75) is 57.0 Å². The molecular weight excluding hydrogens is 272 g/mol. The molecule has 7 nitrogen and oxygen atoms in total. The molecule has 7 heteroatoms. The Labute approximate surface area is 123 Å². The van der Waals surface area contributed by atoms with Crippen molar-refractivity contribution < 1.29 is 14.4 Å². The van der Waals surface area contributed by atoms with Crippen LogP contribution in [0.3, 0.4) is 0 Å². The van der Waals surface area contributed by atoms with Crippen LogP contribution in [0.15, 0.2) is 0 Å². The Hall–Kier alpha value is -2.10. The summed E-state index contributed by atoms with van der Waals surface area (Å²) in [5.41, 5.74) is -1.85. The molecule has 0 radical (unpaired) electrons. The van der Waals surface area contributed by atoms with Crippen LogP contribution in [0, 0.1) is 11.3 Å². The van der Waals surface area contributed by atoms with Crippen molar-refractivity contribution in [2.75, 3.05) is 6.54 Å². The summed E-state index contributed by atoms with van der Waals surface area (Å²) in [5.74, 6) is -0.906. The fraction of sp³-hybridized carbons (Fsp3) is 0.714. The number of hydrogen-bond donors (Lipinski definition) is 2. The van der Waals surface area contributed by atoms with E-state index in [0.29, 0.717) is 12.8 Å². The second kappa shape index (κ2) is 5.35. The fourth-order valence-corrected chi connectivity index (χ4v) is 2.83. The van der Waals surface area contributed by atoms with Gasteiger partial charge in [0.2, 0.25) is 5.91 Å². The van der Waals surface area contributed by atoms with Gasteiger partial charge in [0.1, 0.15) is 17.6 Å². The molecule has 0 aromatic rings. The average Bonchev–Trinajstić information content (AvgIpc) is 2.62. The highest BCUT2D eigenvalue weighted by atomic mass is 16.2. The number of nitriles is 1. The van der Waals surface area contributed by atoms with Crippen molar-refractivity contribution in [2.24, 2.45) is 0 Å². The Morgan fingerprint density at radius 1 is 1.33 bits per heavy atom. The highest BCUT2D eigenvalue weighted by Crippen LogP contribution is 2.27. The number of amides is 4. The van der Waals surface area contributed by atoms with Gasteiger partial charge in [-0.15, -0.1) is 0 Å². The topological polar surface area (TPSA) is 102 Å². The smallest absolute Gasteiger partial charge is 0.325 e. The second-order valence-electron chi connectivity index (χ2n) is 6.25. The lowest BCUT2D eigenvalue weighted by Crippen LogP contribution is -2.52. The second-order valence-corrected chi connectivity index (χ2v) is 6.25. The van der Waals surface area contributed by atoms with Gasteiger partial charge in [0.25, 0.3) is 5.91 Å². The van der Waals surface area contributed by atoms with E-state index in [2.05, 4.69) is 16.7 Å². The Kier molecular flexibility index (Phi) is 3.90. The predicted octanol–water partition coefficient (Wildman–Crippen LogP) is 0.659. The molecule has 114 valence electrons.